The van der Waals surface area contributed by atoms with Crippen molar-refractivity contribution in [3.63, 3.8) is 0 Å². The number of amides is 1. The van der Waals surface area contributed by atoms with Crippen LogP contribution in [0.4, 0.5) is 4.79 Å². The molecule has 1 aromatic rings. The van der Waals surface area contributed by atoms with Crippen molar-refractivity contribution in [3.05, 3.63) is 28.5 Å². The van der Waals surface area contributed by atoms with Gasteiger partial charge in [-0.2, -0.15) is 0 Å². The summed E-state index contributed by atoms with van der Waals surface area (Å²) in [5.74, 6) is 0.193. The molecular weight excluding hydrogens is 240 g/mol. The molecule has 0 saturated heterocycles. The number of fused-ring (bicyclic) bond motifs is 1. The van der Waals surface area contributed by atoms with Gasteiger partial charge in [-0.1, -0.05) is 25.4 Å². The number of nitrogens with zero attached hydrogens (tertiary/aromatic N) is 2. The molecule has 1 aliphatic heterocycles. The molecule has 0 fully saturated rings. The monoisotopic (exact) mass is 254 g/mol. The third-order valence-corrected chi connectivity index (χ3v) is 3.29. The maximum Gasteiger partial charge on any atom is 0.407 e. The molecule has 0 aromatic carbocycles. The van der Waals surface area contributed by atoms with Gasteiger partial charge in [-0.25, -0.2) is 4.79 Å². The minimum Gasteiger partial charge on any atom is -0.465 e. The van der Waals surface area contributed by atoms with Crippen LogP contribution in [0.2, 0.25) is 5.02 Å². The maximum atomic E-state index is 11.2. The zero-order valence-corrected chi connectivity index (χ0v) is 10.6. The molecule has 1 N–H and O–H groups in total. The largest absolute Gasteiger partial charge is 0.465 e. The van der Waals surface area contributed by atoms with E-state index in [2.05, 4.69) is 4.98 Å². The number of pyridine rings is 1. The Morgan fingerprint density at radius 3 is 2.94 bits per heavy atom. The molecule has 1 aliphatic rings. The Bertz CT molecular complexity index is 448. The molecule has 0 aliphatic carbocycles. The summed E-state index contributed by atoms with van der Waals surface area (Å²) in [5, 5.41) is 9.82. The molecule has 0 spiro atoms. The molecule has 0 radical (unpaired) electrons. The van der Waals surface area contributed by atoms with Crippen molar-refractivity contribution in [3.8, 4) is 0 Å². The molecule has 5 heteroatoms. The van der Waals surface area contributed by atoms with Crippen molar-refractivity contribution in [1.29, 1.82) is 0 Å². The second-order valence-electron chi connectivity index (χ2n) is 4.61. The van der Waals surface area contributed by atoms with E-state index in [0.717, 1.165) is 11.3 Å². The number of carbonyl (C=O) groups is 1. The lowest BCUT2D eigenvalue weighted by atomic mass is 9.90. The molecule has 2 rings (SSSR count). The van der Waals surface area contributed by atoms with Gasteiger partial charge in [0.1, 0.15) is 0 Å². The second-order valence-corrected chi connectivity index (χ2v) is 5.05. The Labute approximate surface area is 105 Å². The van der Waals surface area contributed by atoms with Crippen LogP contribution in [0.25, 0.3) is 0 Å². The van der Waals surface area contributed by atoms with E-state index in [0.29, 0.717) is 18.0 Å². The standard InChI is InChI=1S/C12H15ClN2O2/c1-7(2)11-10-8(5-9(13)6-14-10)3-4-15(11)12(16)17/h5-7,11H,3-4H2,1-2H3,(H,16,17)/t11-/m1/s1. The van der Waals surface area contributed by atoms with Crippen LogP contribution in [0.15, 0.2) is 12.3 Å². The highest BCUT2D eigenvalue weighted by molar-refractivity contribution is 6.30. The van der Waals surface area contributed by atoms with E-state index in [4.69, 9.17) is 11.6 Å². The van der Waals surface area contributed by atoms with Crippen LogP contribution in [-0.2, 0) is 6.42 Å². The van der Waals surface area contributed by atoms with Crippen LogP contribution in [-0.4, -0.2) is 27.6 Å². The molecule has 2 heterocycles. The summed E-state index contributed by atoms with van der Waals surface area (Å²) in [5.41, 5.74) is 1.91. The van der Waals surface area contributed by atoms with Crippen LogP contribution < -0.4 is 0 Å². The predicted molar refractivity (Wildman–Crippen MR) is 65.3 cm³/mol. The zero-order valence-electron chi connectivity index (χ0n) is 9.85. The summed E-state index contributed by atoms with van der Waals surface area (Å²) in [6, 6.07) is 1.71. The lowest BCUT2D eigenvalue weighted by Crippen LogP contribution is -2.41. The van der Waals surface area contributed by atoms with Gasteiger partial charge >= 0.3 is 6.09 Å². The van der Waals surface area contributed by atoms with E-state index < -0.39 is 6.09 Å². The van der Waals surface area contributed by atoms with Gasteiger partial charge in [0.2, 0.25) is 0 Å². The molecule has 0 unspecified atom stereocenters. The minimum absolute atomic E-state index is 0.173. The molecule has 1 atom stereocenters. The Morgan fingerprint density at radius 2 is 2.35 bits per heavy atom. The van der Waals surface area contributed by atoms with Crippen LogP contribution in [0.5, 0.6) is 0 Å². The van der Waals surface area contributed by atoms with Gasteiger partial charge < -0.3 is 5.11 Å². The van der Waals surface area contributed by atoms with Crippen molar-refractivity contribution in [1.82, 2.24) is 9.88 Å². The number of hydrogen-bond acceptors (Lipinski definition) is 2. The van der Waals surface area contributed by atoms with Gasteiger partial charge in [-0.15, -0.1) is 0 Å². The fourth-order valence-corrected chi connectivity index (χ4v) is 2.56. The third-order valence-electron chi connectivity index (χ3n) is 3.08. The van der Waals surface area contributed by atoms with E-state index in [1.807, 2.05) is 19.9 Å². The summed E-state index contributed by atoms with van der Waals surface area (Å²) in [7, 11) is 0. The summed E-state index contributed by atoms with van der Waals surface area (Å²) < 4.78 is 0. The fourth-order valence-electron chi connectivity index (χ4n) is 2.38. The van der Waals surface area contributed by atoms with Gasteiger partial charge in [0, 0.05) is 12.7 Å². The SMILES string of the molecule is CC(C)[C@@H]1c2ncc(Cl)cc2CCN1C(=O)O. The van der Waals surface area contributed by atoms with Crippen LogP contribution in [0, 0.1) is 5.92 Å². The number of hydrogen-bond donors (Lipinski definition) is 1. The fraction of sp³-hybridized carbons (Fsp3) is 0.500. The average Bonchev–Trinajstić information content (AvgIpc) is 2.26. The van der Waals surface area contributed by atoms with Crippen molar-refractivity contribution in [2.45, 2.75) is 26.3 Å². The number of halogens is 1. The van der Waals surface area contributed by atoms with Crippen LogP contribution >= 0.6 is 11.6 Å². The maximum absolute atomic E-state index is 11.2. The van der Waals surface area contributed by atoms with Gasteiger partial charge in [0.25, 0.3) is 0 Å². The van der Waals surface area contributed by atoms with Crippen molar-refractivity contribution >= 4 is 17.7 Å². The first-order chi connectivity index (χ1) is 8.00. The van der Waals surface area contributed by atoms with Crippen molar-refractivity contribution in [2.24, 2.45) is 5.92 Å². The van der Waals surface area contributed by atoms with Gasteiger partial charge in [-0.05, 0) is 24.0 Å². The summed E-state index contributed by atoms with van der Waals surface area (Å²) in [4.78, 5) is 17.0. The Hall–Kier alpha value is -1.29. The zero-order chi connectivity index (χ0) is 12.6. The summed E-state index contributed by atoms with van der Waals surface area (Å²) in [6.45, 7) is 4.52. The molecule has 92 valence electrons. The van der Waals surface area contributed by atoms with Gasteiger partial charge in [-0.3, -0.25) is 9.88 Å². The third kappa shape index (κ3) is 2.22. The molecule has 1 aromatic heterocycles. The normalized spacial score (nSPS) is 19.3. The molecule has 4 nitrogen and oxygen atoms in total. The summed E-state index contributed by atoms with van der Waals surface area (Å²) in [6.07, 6.45) is 1.38. The Morgan fingerprint density at radius 1 is 1.65 bits per heavy atom. The van der Waals surface area contributed by atoms with E-state index >= 15 is 0 Å². The average molecular weight is 255 g/mol. The van der Waals surface area contributed by atoms with Crippen LogP contribution in [0.3, 0.4) is 0 Å². The molecule has 0 bridgehead atoms. The quantitative estimate of drug-likeness (QED) is 0.838. The van der Waals surface area contributed by atoms with Crippen molar-refractivity contribution < 1.29 is 9.90 Å². The minimum atomic E-state index is -0.883. The summed E-state index contributed by atoms with van der Waals surface area (Å²) >= 11 is 5.91. The molecule has 0 saturated carbocycles. The first-order valence-electron chi connectivity index (χ1n) is 5.64. The molecule has 17 heavy (non-hydrogen) atoms. The second kappa shape index (κ2) is 4.53. The Balaban J connectivity index is 2.46. The smallest absolute Gasteiger partial charge is 0.407 e. The van der Waals surface area contributed by atoms with E-state index in [1.54, 1.807) is 6.20 Å². The Kier molecular flexibility index (Phi) is 3.24. The lowest BCUT2D eigenvalue weighted by Gasteiger charge is -2.36. The van der Waals surface area contributed by atoms with Gasteiger partial charge in [0.05, 0.1) is 16.8 Å². The highest BCUT2D eigenvalue weighted by atomic mass is 35.5. The van der Waals surface area contributed by atoms with E-state index in [-0.39, 0.29) is 12.0 Å². The number of rotatable bonds is 1. The highest BCUT2D eigenvalue weighted by Gasteiger charge is 2.33. The van der Waals surface area contributed by atoms with Gasteiger partial charge in [0.15, 0.2) is 0 Å². The first-order valence-corrected chi connectivity index (χ1v) is 6.02. The highest BCUT2D eigenvalue weighted by Crippen LogP contribution is 2.34. The number of aromatic nitrogens is 1. The van der Waals surface area contributed by atoms with Crippen LogP contribution in [0.1, 0.15) is 31.1 Å². The topological polar surface area (TPSA) is 53.4 Å². The molecular formula is C12H15ClN2O2. The van der Waals surface area contributed by atoms with E-state index in [1.165, 1.54) is 4.90 Å². The predicted octanol–water partition coefficient (Wildman–Crippen LogP) is 2.97. The molecule has 1 amide bonds. The van der Waals surface area contributed by atoms with E-state index in [9.17, 15) is 9.90 Å². The van der Waals surface area contributed by atoms with Crippen molar-refractivity contribution in [2.75, 3.05) is 6.54 Å². The lowest BCUT2D eigenvalue weighted by molar-refractivity contribution is 0.103. The number of carboxylic acid groups (broad SMARTS) is 1. The first kappa shape index (κ1) is 12.2.